The van der Waals surface area contributed by atoms with E-state index in [1.165, 1.54) is 0 Å². The van der Waals surface area contributed by atoms with Crippen molar-refractivity contribution in [3.05, 3.63) is 59.8 Å². The van der Waals surface area contributed by atoms with Crippen LogP contribution in [0.2, 0.25) is 0 Å². The third-order valence-corrected chi connectivity index (χ3v) is 4.67. The average Bonchev–Trinajstić information content (AvgIpc) is 3.06. The number of aromatic nitrogens is 1. The molecule has 6 nitrogen and oxygen atoms in total. The molecular formula is C22H25N3O3. The summed E-state index contributed by atoms with van der Waals surface area (Å²) in [5.74, 6) is -0.827. The van der Waals surface area contributed by atoms with E-state index in [2.05, 4.69) is 15.6 Å². The zero-order valence-corrected chi connectivity index (χ0v) is 16.2. The van der Waals surface area contributed by atoms with Gasteiger partial charge in [-0.25, -0.2) is 0 Å². The Hall–Kier alpha value is -3.28. The molecule has 0 bridgehead atoms. The van der Waals surface area contributed by atoms with Crippen molar-refractivity contribution in [2.24, 2.45) is 5.92 Å². The van der Waals surface area contributed by atoms with E-state index >= 15 is 0 Å². The Morgan fingerprint density at radius 2 is 1.86 bits per heavy atom. The van der Waals surface area contributed by atoms with Crippen LogP contribution in [-0.4, -0.2) is 27.9 Å². The van der Waals surface area contributed by atoms with Crippen LogP contribution in [0, 0.1) is 12.8 Å². The Bertz CT molecular complexity index is 1010. The fourth-order valence-electron chi connectivity index (χ4n) is 3.04. The molecule has 1 unspecified atom stereocenters. The number of para-hydroxylation sites is 1. The van der Waals surface area contributed by atoms with Gasteiger partial charge in [0, 0.05) is 29.4 Å². The maximum atomic E-state index is 12.9. The number of H-pyrrole nitrogens is 1. The van der Waals surface area contributed by atoms with Crippen molar-refractivity contribution in [2.45, 2.75) is 33.2 Å². The SMILES string of the molecule is Cc1ccc(NC(=O)C(Cc2c[nH]c3ccccc23)NC(=O)C(C)C)c(O)c1. The molecular weight excluding hydrogens is 354 g/mol. The molecule has 0 aliphatic rings. The second-order valence-electron chi connectivity index (χ2n) is 7.29. The summed E-state index contributed by atoms with van der Waals surface area (Å²) >= 11 is 0. The van der Waals surface area contributed by atoms with Crippen LogP contribution in [0.25, 0.3) is 10.9 Å². The normalized spacial score (nSPS) is 12.1. The number of benzene rings is 2. The average molecular weight is 379 g/mol. The topological polar surface area (TPSA) is 94.2 Å². The highest BCUT2D eigenvalue weighted by Crippen LogP contribution is 2.25. The minimum absolute atomic E-state index is 0.00520. The monoisotopic (exact) mass is 379 g/mol. The molecule has 1 heterocycles. The van der Waals surface area contributed by atoms with E-state index in [-0.39, 0.29) is 23.5 Å². The Kier molecular flexibility index (Phi) is 5.68. The summed E-state index contributed by atoms with van der Waals surface area (Å²) < 4.78 is 0. The lowest BCUT2D eigenvalue weighted by molar-refractivity contribution is -0.128. The molecule has 28 heavy (non-hydrogen) atoms. The lowest BCUT2D eigenvalue weighted by Gasteiger charge is -2.20. The van der Waals surface area contributed by atoms with E-state index in [0.29, 0.717) is 12.1 Å². The maximum absolute atomic E-state index is 12.9. The molecule has 6 heteroatoms. The molecule has 0 fully saturated rings. The highest BCUT2D eigenvalue weighted by Gasteiger charge is 2.24. The van der Waals surface area contributed by atoms with Gasteiger partial charge in [-0.2, -0.15) is 0 Å². The van der Waals surface area contributed by atoms with Gasteiger partial charge in [-0.1, -0.05) is 38.1 Å². The predicted octanol–water partition coefficient (Wildman–Crippen LogP) is 3.50. The van der Waals surface area contributed by atoms with E-state index in [1.54, 1.807) is 32.0 Å². The van der Waals surface area contributed by atoms with Gasteiger partial charge in [0.15, 0.2) is 0 Å². The Morgan fingerprint density at radius 1 is 1.11 bits per heavy atom. The van der Waals surface area contributed by atoms with Crippen molar-refractivity contribution in [2.75, 3.05) is 5.32 Å². The Balaban J connectivity index is 1.85. The molecule has 0 radical (unpaired) electrons. The van der Waals surface area contributed by atoms with E-state index in [1.807, 2.05) is 37.4 Å². The molecule has 2 amide bonds. The van der Waals surface area contributed by atoms with E-state index in [9.17, 15) is 14.7 Å². The van der Waals surface area contributed by atoms with Gasteiger partial charge in [0.05, 0.1) is 5.69 Å². The number of aryl methyl sites for hydroxylation is 1. The molecule has 2 aromatic carbocycles. The molecule has 4 N–H and O–H groups in total. The van der Waals surface area contributed by atoms with Crippen LogP contribution in [0.4, 0.5) is 5.69 Å². The third kappa shape index (κ3) is 4.34. The summed E-state index contributed by atoms with van der Waals surface area (Å²) in [4.78, 5) is 28.4. The molecule has 0 saturated carbocycles. The van der Waals surface area contributed by atoms with Crippen molar-refractivity contribution in [3.8, 4) is 5.75 Å². The number of phenols is 1. The molecule has 3 rings (SSSR count). The standard InChI is InChI=1S/C22H25N3O3/c1-13(2)21(27)25-19(11-15-12-23-17-7-5-4-6-16(15)17)22(28)24-18-9-8-14(3)10-20(18)26/h4-10,12-13,19,23,26H,11H2,1-3H3,(H,24,28)(H,25,27). The molecule has 3 aromatic rings. The van der Waals surface area contributed by atoms with Gasteiger partial charge in [-0.05, 0) is 36.2 Å². The molecule has 1 aromatic heterocycles. The van der Waals surface area contributed by atoms with E-state index < -0.39 is 6.04 Å². The van der Waals surface area contributed by atoms with Crippen molar-refractivity contribution >= 4 is 28.4 Å². The van der Waals surface area contributed by atoms with Crippen LogP contribution in [0.15, 0.2) is 48.7 Å². The minimum atomic E-state index is -0.769. The molecule has 1 atom stereocenters. The van der Waals surface area contributed by atoms with Gasteiger partial charge >= 0.3 is 0 Å². The number of aromatic amines is 1. The summed E-state index contributed by atoms with van der Waals surface area (Å²) in [5, 5.41) is 16.6. The van der Waals surface area contributed by atoms with Gasteiger partial charge in [0.1, 0.15) is 11.8 Å². The van der Waals surface area contributed by atoms with Crippen LogP contribution >= 0.6 is 0 Å². The highest BCUT2D eigenvalue weighted by atomic mass is 16.3. The van der Waals surface area contributed by atoms with Gasteiger partial charge in [-0.15, -0.1) is 0 Å². The summed E-state index contributed by atoms with van der Waals surface area (Å²) in [7, 11) is 0. The number of carbonyl (C=O) groups is 2. The quantitative estimate of drug-likeness (QED) is 0.494. The third-order valence-electron chi connectivity index (χ3n) is 4.67. The second-order valence-corrected chi connectivity index (χ2v) is 7.29. The number of rotatable bonds is 6. The molecule has 0 aliphatic carbocycles. The number of carbonyl (C=O) groups excluding carboxylic acids is 2. The zero-order valence-electron chi connectivity index (χ0n) is 16.2. The van der Waals surface area contributed by atoms with Crippen molar-refractivity contribution in [3.63, 3.8) is 0 Å². The number of hydrogen-bond acceptors (Lipinski definition) is 3. The molecule has 0 spiro atoms. The van der Waals surface area contributed by atoms with Crippen LogP contribution in [0.3, 0.4) is 0 Å². The summed E-state index contributed by atoms with van der Waals surface area (Å²) in [5.41, 5.74) is 3.12. The molecule has 0 aliphatic heterocycles. The van der Waals surface area contributed by atoms with Gasteiger partial charge < -0.3 is 20.7 Å². The van der Waals surface area contributed by atoms with Gasteiger partial charge in [-0.3, -0.25) is 9.59 Å². The second kappa shape index (κ2) is 8.17. The number of phenolic OH excluding ortho intramolecular Hbond substituents is 1. The van der Waals surface area contributed by atoms with Crippen molar-refractivity contribution in [1.29, 1.82) is 0 Å². The predicted molar refractivity (Wildman–Crippen MR) is 110 cm³/mol. The summed E-state index contributed by atoms with van der Waals surface area (Å²) in [6.07, 6.45) is 2.19. The number of fused-ring (bicyclic) bond motifs is 1. The molecule has 146 valence electrons. The van der Waals surface area contributed by atoms with Gasteiger partial charge in [0.2, 0.25) is 11.8 Å². The number of aromatic hydroxyl groups is 1. The Labute approximate surface area is 164 Å². The molecule has 0 saturated heterocycles. The smallest absolute Gasteiger partial charge is 0.247 e. The fraction of sp³-hybridized carbons (Fsp3) is 0.273. The van der Waals surface area contributed by atoms with Crippen LogP contribution < -0.4 is 10.6 Å². The van der Waals surface area contributed by atoms with Crippen molar-refractivity contribution < 1.29 is 14.7 Å². The highest BCUT2D eigenvalue weighted by molar-refractivity contribution is 5.99. The number of hydrogen-bond donors (Lipinski definition) is 4. The van der Waals surface area contributed by atoms with Crippen LogP contribution in [0.5, 0.6) is 5.75 Å². The zero-order chi connectivity index (χ0) is 20.3. The van der Waals surface area contributed by atoms with Crippen LogP contribution in [-0.2, 0) is 16.0 Å². The van der Waals surface area contributed by atoms with Crippen LogP contribution in [0.1, 0.15) is 25.0 Å². The lowest BCUT2D eigenvalue weighted by Crippen LogP contribution is -2.46. The summed E-state index contributed by atoms with van der Waals surface area (Å²) in [6, 6.07) is 12.1. The lowest BCUT2D eigenvalue weighted by atomic mass is 10.0. The number of nitrogens with one attached hydrogen (secondary N) is 3. The Morgan fingerprint density at radius 3 is 2.57 bits per heavy atom. The number of amides is 2. The number of anilines is 1. The van der Waals surface area contributed by atoms with Gasteiger partial charge in [0.25, 0.3) is 0 Å². The minimum Gasteiger partial charge on any atom is -0.506 e. The first-order valence-corrected chi connectivity index (χ1v) is 9.31. The fourth-order valence-corrected chi connectivity index (χ4v) is 3.04. The maximum Gasteiger partial charge on any atom is 0.247 e. The first-order valence-electron chi connectivity index (χ1n) is 9.31. The largest absolute Gasteiger partial charge is 0.506 e. The van der Waals surface area contributed by atoms with E-state index in [0.717, 1.165) is 22.0 Å². The summed E-state index contributed by atoms with van der Waals surface area (Å²) in [6.45, 7) is 5.41. The first kappa shape index (κ1) is 19.5. The first-order chi connectivity index (χ1) is 13.3. The van der Waals surface area contributed by atoms with Crippen molar-refractivity contribution in [1.82, 2.24) is 10.3 Å². The van der Waals surface area contributed by atoms with E-state index in [4.69, 9.17) is 0 Å².